The van der Waals surface area contributed by atoms with Crippen LogP contribution in [0.3, 0.4) is 0 Å². The van der Waals surface area contributed by atoms with E-state index in [-0.39, 0.29) is 11.5 Å². The average molecular weight is 196 g/mol. The lowest BCUT2D eigenvalue weighted by Crippen LogP contribution is -2.54. The lowest BCUT2D eigenvalue weighted by atomic mass is 9.97. The van der Waals surface area contributed by atoms with Crippen LogP contribution in [-0.2, 0) is 9.59 Å². The van der Waals surface area contributed by atoms with Crippen molar-refractivity contribution in [1.82, 2.24) is 5.32 Å². The summed E-state index contributed by atoms with van der Waals surface area (Å²) in [6.07, 6.45) is 4.83. The van der Waals surface area contributed by atoms with Gasteiger partial charge in [0.2, 0.25) is 5.91 Å². The van der Waals surface area contributed by atoms with Gasteiger partial charge in [-0.2, -0.15) is 0 Å². The minimum absolute atomic E-state index is 0.0903. The Hall–Kier alpha value is -1.62. The molecule has 0 aromatic rings. The van der Waals surface area contributed by atoms with Gasteiger partial charge >= 0.3 is 5.97 Å². The molecule has 1 aliphatic rings. The number of hydrogen-bond acceptors (Lipinski definition) is 3. The highest BCUT2D eigenvalue weighted by Gasteiger charge is 2.26. The van der Waals surface area contributed by atoms with Gasteiger partial charge in [0.25, 0.3) is 0 Å². The summed E-state index contributed by atoms with van der Waals surface area (Å²) in [5, 5.41) is 11.2. The predicted octanol–water partition coefficient (Wildman–Crippen LogP) is -0.252. The van der Waals surface area contributed by atoms with E-state index in [1.165, 1.54) is 19.1 Å². The Balaban J connectivity index is 2.88. The van der Waals surface area contributed by atoms with Crippen LogP contribution in [0.1, 0.15) is 13.3 Å². The molecule has 0 spiro atoms. The second kappa shape index (κ2) is 3.63. The van der Waals surface area contributed by atoms with Crippen LogP contribution in [-0.4, -0.2) is 22.6 Å². The normalized spacial score (nSPS) is 25.4. The van der Waals surface area contributed by atoms with E-state index in [2.05, 4.69) is 5.32 Å². The fraction of sp³-hybridized carbons (Fsp3) is 0.333. The van der Waals surface area contributed by atoms with E-state index in [0.29, 0.717) is 6.42 Å². The SMILES string of the molecule is CC(=O)NC1(N)C=C(C(=O)O)C=CC1. The van der Waals surface area contributed by atoms with Gasteiger partial charge in [-0.3, -0.25) is 4.79 Å². The van der Waals surface area contributed by atoms with Gasteiger partial charge in [0, 0.05) is 13.3 Å². The molecule has 1 atom stereocenters. The van der Waals surface area contributed by atoms with Crippen LogP contribution in [0, 0.1) is 0 Å². The number of amides is 1. The smallest absolute Gasteiger partial charge is 0.335 e. The molecule has 14 heavy (non-hydrogen) atoms. The van der Waals surface area contributed by atoms with E-state index in [4.69, 9.17) is 10.8 Å². The number of hydrogen-bond donors (Lipinski definition) is 3. The second-order valence-electron chi connectivity index (χ2n) is 3.23. The molecule has 0 fully saturated rings. The zero-order valence-corrected chi connectivity index (χ0v) is 7.78. The molecule has 0 aliphatic heterocycles. The third-order valence-electron chi connectivity index (χ3n) is 1.82. The maximum absolute atomic E-state index is 10.8. The maximum Gasteiger partial charge on any atom is 0.335 e. The molecule has 1 amide bonds. The average Bonchev–Trinajstić information content (AvgIpc) is 2.01. The Kier molecular flexibility index (Phi) is 2.71. The van der Waals surface area contributed by atoms with Crippen LogP contribution in [0.2, 0.25) is 0 Å². The Bertz CT molecular complexity index is 333. The summed E-state index contributed by atoms with van der Waals surface area (Å²) < 4.78 is 0. The molecule has 0 bridgehead atoms. The van der Waals surface area contributed by atoms with Gasteiger partial charge in [0.05, 0.1) is 5.57 Å². The van der Waals surface area contributed by atoms with Gasteiger partial charge in [-0.05, 0) is 6.08 Å². The topological polar surface area (TPSA) is 92.4 Å². The molecular formula is C9H12N2O3. The molecule has 0 radical (unpaired) electrons. The zero-order chi connectivity index (χ0) is 10.8. The Labute approximate surface area is 81.3 Å². The van der Waals surface area contributed by atoms with Gasteiger partial charge in [0.15, 0.2) is 0 Å². The van der Waals surface area contributed by atoms with Crippen LogP contribution in [0.15, 0.2) is 23.8 Å². The lowest BCUT2D eigenvalue weighted by Gasteiger charge is -2.28. The first-order chi connectivity index (χ1) is 6.43. The number of carboxylic acid groups (broad SMARTS) is 1. The van der Waals surface area contributed by atoms with Crippen molar-refractivity contribution < 1.29 is 14.7 Å². The van der Waals surface area contributed by atoms with Gasteiger partial charge in [0.1, 0.15) is 5.66 Å². The fourth-order valence-corrected chi connectivity index (χ4v) is 1.31. The van der Waals surface area contributed by atoms with Crippen molar-refractivity contribution in [1.29, 1.82) is 0 Å². The minimum atomic E-state index is -1.08. The number of carbonyl (C=O) groups excluding carboxylic acids is 1. The van der Waals surface area contributed by atoms with E-state index >= 15 is 0 Å². The van der Waals surface area contributed by atoms with E-state index in [0.717, 1.165) is 0 Å². The van der Waals surface area contributed by atoms with Gasteiger partial charge in [-0.15, -0.1) is 0 Å². The molecule has 0 aromatic carbocycles. The molecule has 5 heteroatoms. The molecule has 1 aliphatic carbocycles. The Morgan fingerprint density at radius 1 is 1.64 bits per heavy atom. The third-order valence-corrected chi connectivity index (χ3v) is 1.82. The molecule has 0 heterocycles. The van der Waals surface area contributed by atoms with E-state index in [1.54, 1.807) is 6.08 Å². The van der Waals surface area contributed by atoms with E-state index in [9.17, 15) is 9.59 Å². The third kappa shape index (κ3) is 2.43. The monoisotopic (exact) mass is 196 g/mol. The molecule has 1 rings (SSSR count). The molecule has 76 valence electrons. The predicted molar refractivity (Wildman–Crippen MR) is 50.2 cm³/mol. The molecule has 4 N–H and O–H groups in total. The van der Waals surface area contributed by atoms with Gasteiger partial charge < -0.3 is 16.2 Å². The van der Waals surface area contributed by atoms with Crippen LogP contribution in [0.25, 0.3) is 0 Å². The number of aliphatic carboxylic acids is 1. The lowest BCUT2D eigenvalue weighted by molar-refractivity contribution is -0.132. The van der Waals surface area contributed by atoms with Crippen molar-refractivity contribution in [2.45, 2.75) is 19.0 Å². The molecule has 0 aromatic heterocycles. The van der Waals surface area contributed by atoms with Crippen LogP contribution < -0.4 is 11.1 Å². The summed E-state index contributed by atoms with van der Waals surface area (Å²) in [6, 6.07) is 0. The Morgan fingerprint density at radius 2 is 2.29 bits per heavy atom. The molecule has 0 saturated heterocycles. The molecule has 5 nitrogen and oxygen atoms in total. The van der Waals surface area contributed by atoms with Crippen molar-refractivity contribution >= 4 is 11.9 Å². The van der Waals surface area contributed by atoms with Crippen molar-refractivity contribution in [3.63, 3.8) is 0 Å². The quantitative estimate of drug-likeness (QED) is 0.531. The van der Waals surface area contributed by atoms with Gasteiger partial charge in [-0.25, -0.2) is 4.79 Å². The van der Waals surface area contributed by atoms with Crippen LogP contribution in [0.4, 0.5) is 0 Å². The highest BCUT2D eigenvalue weighted by molar-refractivity contribution is 5.90. The standard InChI is InChI=1S/C9H12N2O3/c1-6(12)11-9(10)4-2-3-7(5-9)8(13)14/h2-3,5H,4,10H2,1H3,(H,11,12)(H,13,14). The van der Waals surface area contributed by atoms with Gasteiger partial charge in [-0.1, -0.05) is 12.2 Å². The highest BCUT2D eigenvalue weighted by Crippen LogP contribution is 2.16. The molecule has 1 unspecified atom stereocenters. The zero-order valence-electron chi connectivity index (χ0n) is 7.78. The highest BCUT2D eigenvalue weighted by atomic mass is 16.4. The van der Waals surface area contributed by atoms with Crippen molar-refractivity contribution in [2.75, 3.05) is 0 Å². The fourth-order valence-electron chi connectivity index (χ4n) is 1.31. The van der Waals surface area contributed by atoms with E-state index in [1.807, 2.05) is 0 Å². The van der Waals surface area contributed by atoms with Crippen LogP contribution >= 0.6 is 0 Å². The molecule has 0 saturated carbocycles. The molecular weight excluding hydrogens is 184 g/mol. The van der Waals surface area contributed by atoms with E-state index < -0.39 is 11.6 Å². The van der Waals surface area contributed by atoms with Crippen molar-refractivity contribution in [3.05, 3.63) is 23.8 Å². The number of rotatable bonds is 2. The number of nitrogens with one attached hydrogen (secondary N) is 1. The summed E-state index contributed by atoms with van der Waals surface area (Å²) in [7, 11) is 0. The Morgan fingerprint density at radius 3 is 2.79 bits per heavy atom. The first kappa shape index (κ1) is 10.5. The summed E-state index contributed by atoms with van der Waals surface area (Å²) in [5.74, 6) is -1.34. The maximum atomic E-state index is 10.8. The van der Waals surface area contributed by atoms with Crippen molar-refractivity contribution in [3.8, 4) is 0 Å². The first-order valence-electron chi connectivity index (χ1n) is 4.13. The summed E-state index contributed by atoms with van der Waals surface area (Å²) in [5.41, 5.74) is 4.78. The first-order valence-corrected chi connectivity index (χ1v) is 4.13. The number of nitrogens with two attached hydrogens (primary N) is 1. The largest absolute Gasteiger partial charge is 0.478 e. The summed E-state index contributed by atoms with van der Waals surface area (Å²) in [6.45, 7) is 1.33. The number of carboxylic acids is 1. The summed E-state index contributed by atoms with van der Waals surface area (Å²) >= 11 is 0. The van der Waals surface area contributed by atoms with Crippen LogP contribution in [0.5, 0.6) is 0 Å². The number of carbonyl (C=O) groups is 2. The van der Waals surface area contributed by atoms with Crippen molar-refractivity contribution in [2.24, 2.45) is 5.73 Å². The summed E-state index contributed by atoms with van der Waals surface area (Å²) in [4.78, 5) is 21.4. The second-order valence-corrected chi connectivity index (χ2v) is 3.23. The minimum Gasteiger partial charge on any atom is -0.478 e.